The molecule has 10 saturated heterocycles. The topological polar surface area (TPSA) is 178 Å². The number of aliphatic hydroxyl groups excluding tert-OH is 1. The van der Waals surface area contributed by atoms with E-state index in [9.17, 15) is 9.90 Å². The molecule has 0 aromatic rings. The van der Waals surface area contributed by atoms with Crippen LogP contribution in [0.15, 0.2) is 24.3 Å². The van der Waals surface area contributed by atoms with Crippen LogP contribution in [0.3, 0.4) is 0 Å². The van der Waals surface area contributed by atoms with E-state index in [-0.39, 0.29) is 128 Å². The highest BCUT2D eigenvalue weighted by molar-refractivity contribution is 5.79. The number of aliphatic hydroxyl groups is 1. The molecule has 12 bridgehead atoms. The molecule has 1 unspecified atom stereocenters. The summed E-state index contributed by atoms with van der Waals surface area (Å²) in [5, 5.41) is 10.5. The predicted octanol–water partition coefficient (Wildman–Crippen LogP) is 2.61. The van der Waals surface area contributed by atoms with Crippen LogP contribution >= 0.6 is 0 Å². The van der Waals surface area contributed by atoms with Gasteiger partial charge in [-0.3, -0.25) is 4.79 Å². The Balaban J connectivity index is 0.00000400. The largest absolute Gasteiger partial charge is 0.412 e. The minimum atomic E-state index is -0.780. The lowest BCUT2D eigenvalue weighted by Gasteiger charge is -2.47. The lowest BCUT2D eigenvalue weighted by Crippen LogP contribution is -2.61. The first kappa shape index (κ1) is 38.5. The first-order valence-corrected chi connectivity index (χ1v) is 20.2. The van der Waals surface area contributed by atoms with Crippen LogP contribution in [0.2, 0.25) is 0 Å². The van der Waals surface area contributed by atoms with E-state index in [0.717, 1.165) is 56.1 Å². The van der Waals surface area contributed by atoms with Gasteiger partial charge in [-0.15, -0.1) is 0 Å². The van der Waals surface area contributed by atoms with Gasteiger partial charge in [-0.1, -0.05) is 20.1 Å². The minimum absolute atomic E-state index is 0. The van der Waals surface area contributed by atoms with E-state index < -0.39 is 18.0 Å². The summed E-state index contributed by atoms with van der Waals surface area (Å²) in [6.07, 6.45) is 4.85. The Bertz CT molecular complexity index is 1380. The number of fused-ring (bicyclic) bond motifs is 6. The molecule has 19 atom stereocenters. The zero-order valence-corrected chi connectivity index (χ0v) is 31.3. The summed E-state index contributed by atoms with van der Waals surface area (Å²) in [5.41, 5.74) is 8.01. The second-order valence-corrected chi connectivity index (χ2v) is 17.4. The van der Waals surface area contributed by atoms with Crippen molar-refractivity contribution in [1.82, 2.24) is 0 Å². The van der Waals surface area contributed by atoms with E-state index in [0.29, 0.717) is 25.7 Å². The van der Waals surface area contributed by atoms with Gasteiger partial charge >= 0.3 is 0 Å². The number of rotatable bonds is 4. The summed E-state index contributed by atoms with van der Waals surface area (Å²) in [5.74, 6) is -0.619. The second kappa shape index (κ2) is 15.2. The van der Waals surface area contributed by atoms with Crippen LogP contribution in [-0.2, 0) is 47.4 Å². The zero-order valence-electron chi connectivity index (χ0n) is 31.3. The molecule has 298 valence electrons. The number of carbonyl (C=O) groups excluding carboxylic acids is 1. The van der Waals surface area contributed by atoms with Crippen molar-refractivity contribution < 1.29 is 58.0 Å². The third-order valence-corrected chi connectivity index (χ3v) is 14.0. The van der Waals surface area contributed by atoms with Crippen LogP contribution in [0.25, 0.3) is 0 Å². The molecule has 10 rings (SSSR count). The van der Waals surface area contributed by atoms with Gasteiger partial charge < -0.3 is 58.9 Å². The molecule has 10 aliphatic heterocycles. The highest BCUT2D eigenvalue weighted by atomic mass is 16.8. The van der Waals surface area contributed by atoms with E-state index in [1.54, 1.807) is 7.11 Å². The molecule has 5 N–H and O–H groups in total. The molecule has 0 saturated carbocycles. The molecule has 13 nitrogen and oxygen atoms in total. The maximum atomic E-state index is 14.1. The number of ether oxygens (including phenoxy) is 9. The molecule has 0 amide bonds. The average Bonchev–Trinajstić information content (AvgIpc) is 3.79. The van der Waals surface area contributed by atoms with Crippen LogP contribution in [0, 0.1) is 11.8 Å². The fourth-order valence-electron chi connectivity index (χ4n) is 11.3. The SMILES string of the molecule is C=C1C[C@@H]2CCC34C[C@H]5O[C@H]6[C@@H](O3)[C@H]3O[C@H](CC[C@@H]3O[C@H]6[C@@H]5O4)CC(=O)C[C@@H]3[C@@H](OC)[C@@H](C[C@@H](O)CN)O[C@H]3C[C@H]3O[C@@H](CC[C@@H]1O2)C[C@@H](C)C3=C.O. The van der Waals surface area contributed by atoms with Crippen LogP contribution in [0.4, 0.5) is 0 Å². The normalized spacial score (nSPS) is 51.4. The number of Topliss-reactive ketones (excluding diaryl/α,β-unsaturated/α-hetero) is 1. The standard InChI is InChI=1S/C40H59NO11.H2O/c1-19-11-24-5-7-28-20(2)12-26(45-28)9-10-40-17-33-36(51-40)37-38(50-33)39(52-40)35-29(49-37)8-6-25(47-35)13-22(42)14-27-31(16-30(46-24)21(19)3)48-32(34(27)44-4)15-23(43)18-41;/h19,23-39,43H,2-3,5-18,41H2,1,4H3;1H2/t19-,23-,24+,25-,26+,27+,28+,29+,30-,31+,32-,33-,34-,35+,36-,37+,38-,39+,40?;/m1./s1. The number of hydrogen-bond acceptors (Lipinski definition) is 12. The van der Waals surface area contributed by atoms with Crippen molar-refractivity contribution in [3.05, 3.63) is 24.3 Å². The minimum Gasteiger partial charge on any atom is -0.412 e. The summed E-state index contributed by atoms with van der Waals surface area (Å²) in [7, 11) is 1.66. The predicted molar refractivity (Wildman–Crippen MR) is 190 cm³/mol. The summed E-state index contributed by atoms with van der Waals surface area (Å²) in [6, 6.07) is 0. The van der Waals surface area contributed by atoms with Crippen LogP contribution < -0.4 is 5.73 Å². The number of ketones is 1. The maximum Gasteiger partial charge on any atom is 0.172 e. The first-order valence-electron chi connectivity index (χ1n) is 20.2. The number of methoxy groups -OCH3 is 1. The van der Waals surface area contributed by atoms with Crippen molar-refractivity contribution in [3.63, 3.8) is 0 Å². The Kier molecular flexibility index (Phi) is 11.1. The Hall–Kier alpha value is -1.33. The summed E-state index contributed by atoms with van der Waals surface area (Å²) < 4.78 is 60.0. The molecular formula is C40H61NO12. The van der Waals surface area contributed by atoms with Crippen molar-refractivity contribution in [2.24, 2.45) is 17.6 Å². The Morgan fingerprint density at radius 3 is 2.36 bits per heavy atom. The number of hydrogen-bond donors (Lipinski definition) is 2. The van der Waals surface area contributed by atoms with Crippen LogP contribution in [0.1, 0.15) is 90.4 Å². The van der Waals surface area contributed by atoms with Gasteiger partial charge in [-0.2, -0.15) is 0 Å². The molecule has 1 spiro atoms. The van der Waals surface area contributed by atoms with E-state index in [1.807, 2.05) is 0 Å². The molecule has 0 radical (unpaired) electrons. The number of carbonyl (C=O) groups is 1. The average molecular weight is 748 g/mol. The second-order valence-electron chi connectivity index (χ2n) is 17.4. The van der Waals surface area contributed by atoms with E-state index in [2.05, 4.69) is 20.1 Å². The van der Waals surface area contributed by atoms with Crippen molar-refractivity contribution in [1.29, 1.82) is 0 Å². The van der Waals surface area contributed by atoms with Crippen molar-refractivity contribution in [2.45, 2.75) is 194 Å². The molecule has 13 heteroatoms. The summed E-state index contributed by atoms with van der Waals surface area (Å²) in [6.45, 7) is 11.3. The van der Waals surface area contributed by atoms with Crippen molar-refractivity contribution >= 4 is 5.78 Å². The highest BCUT2D eigenvalue weighted by Crippen LogP contribution is 2.54. The molecule has 10 aliphatic rings. The van der Waals surface area contributed by atoms with Gasteiger partial charge in [0.1, 0.15) is 36.3 Å². The summed E-state index contributed by atoms with van der Waals surface area (Å²) >= 11 is 0. The number of nitrogens with two attached hydrogens (primary N) is 1. The van der Waals surface area contributed by atoms with Crippen LogP contribution in [-0.4, -0.2) is 133 Å². The third kappa shape index (κ3) is 7.14. The summed E-state index contributed by atoms with van der Waals surface area (Å²) in [4.78, 5) is 14.1. The molecule has 53 heavy (non-hydrogen) atoms. The first-order chi connectivity index (χ1) is 25.1. The van der Waals surface area contributed by atoms with Crippen LogP contribution in [0.5, 0.6) is 0 Å². The van der Waals surface area contributed by atoms with Crippen molar-refractivity contribution in [2.75, 3.05) is 13.7 Å². The fourth-order valence-corrected chi connectivity index (χ4v) is 11.3. The molecule has 0 aliphatic carbocycles. The Labute approximate surface area is 312 Å². The maximum absolute atomic E-state index is 14.1. The van der Waals surface area contributed by atoms with Gasteiger partial charge in [0.15, 0.2) is 5.79 Å². The lowest BCUT2D eigenvalue weighted by molar-refractivity contribution is -0.292. The zero-order chi connectivity index (χ0) is 35.9. The van der Waals surface area contributed by atoms with Gasteiger partial charge in [-0.25, -0.2) is 0 Å². The van der Waals surface area contributed by atoms with Gasteiger partial charge in [-0.05, 0) is 62.0 Å². The molecule has 0 aromatic heterocycles. The smallest absolute Gasteiger partial charge is 0.172 e. The Morgan fingerprint density at radius 1 is 0.811 bits per heavy atom. The molecular weight excluding hydrogens is 686 g/mol. The monoisotopic (exact) mass is 747 g/mol. The lowest BCUT2D eigenvalue weighted by atomic mass is 9.81. The van der Waals surface area contributed by atoms with E-state index in [1.165, 1.54) is 0 Å². The van der Waals surface area contributed by atoms with E-state index >= 15 is 0 Å². The molecule has 0 aromatic carbocycles. The highest BCUT2D eigenvalue weighted by Gasteiger charge is 2.68. The Morgan fingerprint density at radius 2 is 1.55 bits per heavy atom. The van der Waals surface area contributed by atoms with Gasteiger partial charge in [0, 0.05) is 58.1 Å². The quantitative estimate of drug-likeness (QED) is 0.403. The van der Waals surface area contributed by atoms with E-state index in [4.69, 9.17) is 48.4 Å². The van der Waals surface area contributed by atoms with Gasteiger partial charge in [0.05, 0.1) is 67.1 Å². The van der Waals surface area contributed by atoms with Crippen molar-refractivity contribution in [3.8, 4) is 0 Å². The molecule has 10 heterocycles. The van der Waals surface area contributed by atoms with Gasteiger partial charge in [0.25, 0.3) is 0 Å². The fraction of sp³-hybridized carbons (Fsp3) is 0.875. The van der Waals surface area contributed by atoms with Gasteiger partial charge in [0.2, 0.25) is 0 Å². The third-order valence-electron chi connectivity index (χ3n) is 14.0. The molecule has 10 fully saturated rings.